The fourth-order valence-corrected chi connectivity index (χ4v) is 1.46. The zero-order chi connectivity index (χ0) is 12.3. The molecule has 0 fully saturated rings. The Kier molecular flexibility index (Phi) is 3.46. The van der Waals surface area contributed by atoms with Crippen LogP contribution in [0, 0.1) is 25.2 Å². The lowest BCUT2D eigenvalue weighted by Gasteiger charge is -2.07. The predicted octanol–water partition coefficient (Wildman–Crippen LogP) is 1.04. The first-order valence-electron chi connectivity index (χ1n) is 4.83. The van der Waals surface area contributed by atoms with Gasteiger partial charge >= 0.3 is 5.97 Å². The number of rotatable bonds is 2. The molecular weight excluding hydrogens is 208 g/mol. The van der Waals surface area contributed by atoms with Gasteiger partial charge in [-0.05, 0) is 20.8 Å². The van der Waals surface area contributed by atoms with Crippen LogP contribution in [0.25, 0.3) is 0 Å². The van der Waals surface area contributed by atoms with E-state index in [0.717, 1.165) is 0 Å². The summed E-state index contributed by atoms with van der Waals surface area (Å²) in [5.41, 5.74) is 0.158. The van der Waals surface area contributed by atoms with E-state index in [4.69, 9.17) is 10.00 Å². The van der Waals surface area contributed by atoms with Crippen molar-refractivity contribution in [1.82, 2.24) is 4.98 Å². The summed E-state index contributed by atoms with van der Waals surface area (Å²) >= 11 is 0. The van der Waals surface area contributed by atoms with Crippen LogP contribution in [-0.2, 0) is 4.74 Å². The first kappa shape index (κ1) is 12.0. The molecular formula is C11H12N2O3. The minimum absolute atomic E-state index is 0.0475. The van der Waals surface area contributed by atoms with E-state index in [1.165, 1.54) is 0 Å². The second-order valence-corrected chi connectivity index (χ2v) is 3.29. The number of carbonyl (C=O) groups excluding carboxylic acids is 1. The Hall–Kier alpha value is -2.09. The van der Waals surface area contributed by atoms with Gasteiger partial charge in [-0.25, -0.2) is 4.79 Å². The monoisotopic (exact) mass is 220 g/mol. The highest BCUT2D eigenvalue weighted by atomic mass is 16.5. The normalized spacial score (nSPS) is 9.62. The van der Waals surface area contributed by atoms with Gasteiger partial charge in [0.15, 0.2) is 0 Å². The van der Waals surface area contributed by atoms with Crippen molar-refractivity contribution in [3.05, 3.63) is 32.7 Å². The molecule has 0 spiro atoms. The number of nitrogens with one attached hydrogen (secondary N) is 1. The van der Waals surface area contributed by atoms with E-state index in [9.17, 15) is 9.59 Å². The number of carbonyl (C=O) groups is 1. The van der Waals surface area contributed by atoms with Gasteiger partial charge in [-0.15, -0.1) is 0 Å². The molecule has 1 rings (SSSR count). The molecule has 84 valence electrons. The lowest BCUT2D eigenvalue weighted by molar-refractivity contribution is 0.0523. The molecule has 0 aliphatic carbocycles. The van der Waals surface area contributed by atoms with E-state index < -0.39 is 11.4 Å². The van der Waals surface area contributed by atoms with E-state index in [2.05, 4.69) is 4.98 Å². The third-order valence-corrected chi connectivity index (χ3v) is 2.17. The summed E-state index contributed by atoms with van der Waals surface area (Å²) in [6.45, 7) is 5.05. The van der Waals surface area contributed by atoms with Crippen LogP contribution >= 0.6 is 0 Å². The van der Waals surface area contributed by atoms with E-state index in [1.54, 1.807) is 26.8 Å². The number of pyridine rings is 1. The van der Waals surface area contributed by atoms with Crippen molar-refractivity contribution in [3.63, 3.8) is 0 Å². The van der Waals surface area contributed by atoms with Crippen molar-refractivity contribution in [2.45, 2.75) is 20.8 Å². The van der Waals surface area contributed by atoms with Gasteiger partial charge in [0.25, 0.3) is 0 Å². The summed E-state index contributed by atoms with van der Waals surface area (Å²) in [6.07, 6.45) is 0. The summed E-state index contributed by atoms with van der Waals surface area (Å²) < 4.78 is 4.76. The number of nitrogens with zero attached hydrogens (tertiary/aromatic N) is 1. The summed E-state index contributed by atoms with van der Waals surface area (Å²) in [6, 6.07) is 1.78. The molecule has 0 saturated heterocycles. The topological polar surface area (TPSA) is 82.9 Å². The Bertz CT molecular complexity index is 523. The maximum atomic E-state index is 11.8. The van der Waals surface area contributed by atoms with Crippen LogP contribution < -0.4 is 5.43 Å². The number of ether oxygens (including phenoxy) is 1. The van der Waals surface area contributed by atoms with Gasteiger partial charge in [0, 0.05) is 11.4 Å². The zero-order valence-corrected chi connectivity index (χ0v) is 9.38. The third kappa shape index (κ3) is 1.96. The largest absolute Gasteiger partial charge is 0.462 e. The van der Waals surface area contributed by atoms with Gasteiger partial charge in [-0.2, -0.15) is 5.26 Å². The molecule has 0 saturated carbocycles. The molecule has 1 heterocycles. The highest BCUT2D eigenvalue weighted by Gasteiger charge is 2.19. The fourth-order valence-electron chi connectivity index (χ4n) is 1.46. The van der Waals surface area contributed by atoms with Gasteiger partial charge < -0.3 is 9.72 Å². The van der Waals surface area contributed by atoms with Crippen molar-refractivity contribution >= 4 is 5.97 Å². The molecule has 16 heavy (non-hydrogen) atoms. The quantitative estimate of drug-likeness (QED) is 0.755. The minimum Gasteiger partial charge on any atom is -0.462 e. The van der Waals surface area contributed by atoms with Crippen LogP contribution in [0.1, 0.15) is 34.2 Å². The molecule has 0 radical (unpaired) electrons. The van der Waals surface area contributed by atoms with Crippen LogP contribution in [0.4, 0.5) is 0 Å². The van der Waals surface area contributed by atoms with Crippen molar-refractivity contribution in [1.29, 1.82) is 5.26 Å². The lowest BCUT2D eigenvalue weighted by Crippen LogP contribution is -2.23. The number of aromatic amines is 1. The molecule has 0 aliphatic heterocycles. The summed E-state index contributed by atoms with van der Waals surface area (Å²) in [5, 5.41) is 8.80. The van der Waals surface area contributed by atoms with Crippen LogP contribution in [0.15, 0.2) is 4.79 Å². The average Bonchev–Trinajstić information content (AvgIpc) is 2.17. The van der Waals surface area contributed by atoms with E-state index in [-0.39, 0.29) is 17.7 Å². The first-order chi connectivity index (χ1) is 7.52. The number of H-pyrrole nitrogens is 1. The molecule has 0 atom stereocenters. The van der Waals surface area contributed by atoms with Gasteiger partial charge in [0.05, 0.1) is 6.61 Å². The molecule has 0 unspecified atom stereocenters. The van der Waals surface area contributed by atoms with Gasteiger partial charge in [-0.1, -0.05) is 0 Å². The van der Waals surface area contributed by atoms with Crippen molar-refractivity contribution in [3.8, 4) is 6.07 Å². The summed E-state index contributed by atoms with van der Waals surface area (Å²) in [7, 11) is 0. The van der Waals surface area contributed by atoms with E-state index >= 15 is 0 Å². The van der Waals surface area contributed by atoms with E-state index in [1.807, 2.05) is 0 Å². The van der Waals surface area contributed by atoms with Crippen LogP contribution in [0.3, 0.4) is 0 Å². The third-order valence-electron chi connectivity index (χ3n) is 2.17. The number of hydrogen-bond acceptors (Lipinski definition) is 4. The van der Waals surface area contributed by atoms with Crippen LogP contribution in [0.2, 0.25) is 0 Å². The maximum absolute atomic E-state index is 11.8. The zero-order valence-electron chi connectivity index (χ0n) is 9.38. The first-order valence-corrected chi connectivity index (χ1v) is 4.83. The number of esters is 1. The standard InChI is InChI=1S/C11H12N2O3/c1-4-16-11(15)9-7(3)13-6(2)8(5-12)10(9)14/h4H2,1-3H3,(H,13,14). The smallest absolute Gasteiger partial charge is 0.343 e. The Morgan fingerprint density at radius 3 is 2.56 bits per heavy atom. The molecule has 1 aromatic rings. The highest BCUT2D eigenvalue weighted by molar-refractivity contribution is 5.90. The van der Waals surface area contributed by atoms with Gasteiger partial charge in [0.1, 0.15) is 17.2 Å². The number of aryl methyl sites for hydroxylation is 2. The SMILES string of the molecule is CCOC(=O)c1c(C)[nH]c(C)c(C#N)c1=O. The minimum atomic E-state index is -0.697. The number of hydrogen-bond donors (Lipinski definition) is 1. The van der Waals surface area contributed by atoms with E-state index in [0.29, 0.717) is 11.4 Å². The Morgan fingerprint density at radius 2 is 2.06 bits per heavy atom. The van der Waals surface area contributed by atoms with Crippen LogP contribution in [0.5, 0.6) is 0 Å². The van der Waals surface area contributed by atoms with Gasteiger partial charge in [0.2, 0.25) is 5.43 Å². The van der Waals surface area contributed by atoms with Crippen molar-refractivity contribution in [2.75, 3.05) is 6.61 Å². The van der Waals surface area contributed by atoms with Crippen molar-refractivity contribution < 1.29 is 9.53 Å². The predicted molar refractivity (Wildman–Crippen MR) is 57.2 cm³/mol. The molecule has 1 aromatic heterocycles. The highest BCUT2D eigenvalue weighted by Crippen LogP contribution is 2.06. The van der Waals surface area contributed by atoms with Gasteiger partial charge in [-0.3, -0.25) is 4.79 Å². The molecule has 0 amide bonds. The molecule has 1 N–H and O–H groups in total. The Balaban J connectivity index is 3.47. The molecule has 0 aliphatic rings. The number of aromatic nitrogens is 1. The lowest BCUT2D eigenvalue weighted by atomic mass is 10.1. The Labute approximate surface area is 92.7 Å². The molecule has 0 aromatic carbocycles. The molecule has 5 nitrogen and oxygen atoms in total. The average molecular weight is 220 g/mol. The van der Waals surface area contributed by atoms with Crippen LogP contribution in [-0.4, -0.2) is 17.6 Å². The van der Waals surface area contributed by atoms with Crippen molar-refractivity contribution in [2.24, 2.45) is 0 Å². The second kappa shape index (κ2) is 4.62. The summed E-state index contributed by atoms with van der Waals surface area (Å²) in [5.74, 6) is -0.697. The fraction of sp³-hybridized carbons (Fsp3) is 0.364. The second-order valence-electron chi connectivity index (χ2n) is 3.29. The Morgan fingerprint density at radius 1 is 1.44 bits per heavy atom. The number of nitriles is 1. The summed E-state index contributed by atoms with van der Waals surface area (Å²) in [4.78, 5) is 26.1. The molecule has 5 heteroatoms. The molecule has 0 bridgehead atoms. The maximum Gasteiger partial charge on any atom is 0.343 e.